The van der Waals surface area contributed by atoms with E-state index >= 15 is 0 Å². The van der Waals surface area contributed by atoms with Crippen LogP contribution in [0.3, 0.4) is 0 Å². The van der Waals surface area contributed by atoms with Crippen LogP contribution in [0.4, 0.5) is 16.2 Å². The zero-order valence-corrected chi connectivity index (χ0v) is 17.9. The molecule has 0 saturated carbocycles. The third-order valence-corrected chi connectivity index (χ3v) is 5.97. The number of hydrogen-bond acceptors (Lipinski definition) is 4. The first-order valence-corrected chi connectivity index (χ1v) is 11.0. The Labute approximate surface area is 183 Å². The minimum absolute atomic E-state index is 0.173. The fourth-order valence-electron chi connectivity index (χ4n) is 4.11. The van der Waals surface area contributed by atoms with E-state index in [-0.39, 0.29) is 12.1 Å². The molecule has 2 aromatic carbocycles. The van der Waals surface area contributed by atoms with Gasteiger partial charge in [-0.1, -0.05) is 41.9 Å². The summed E-state index contributed by atoms with van der Waals surface area (Å²) in [6.07, 6.45) is 1.90. The third kappa shape index (κ3) is 5.65. The Morgan fingerprint density at radius 2 is 1.77 bits per heavy atom. The van der Waals surface area contributed by atoms with E-state index in [4.69, 9.17) is 16.3 Å². The van der Waals surface area contributed by atoms with Gasteiger partial charge in [0.1, 0.15) is 0 Å². The van der Waals surface area contributed by atoms with Crippen LogP contribution in [0.25, 0.3) is 0 Å². The molecule has 2 aliphatic rings. The molecule has 0 spiro atoms. The van der Waals surface area contributed by atoms with Gasteiger partial charge in [0.05, 0.1) is 24.6 Å². The molecule has 2 saturated heterocycles. The van der Waals surface area contributed by atoms with Crippen LogP contribution in [0.15, 0.2) is 48.5 Å². The van der Waals surface area contributed by atoms with E-state index in [1.165, 1.54) is 5.56 Å². The normalized spacial score (nSPS) is 18.2. The Morgan fingerprint density at radius 3 is 2.50 bits per heavy atom. The Hall–Kier alpha value is -2.28. The summed E-state index contributed by atoms with van der Waals surface area (Å²) in [6, 6.07) is 16.2. The number of hydrogen-bond donors (Lipinski definition) is 2. The molecule has 2 aliphatic heterocycles. The number of rotatable bonds is 5. The van der Waals surface area contributed by atoms with Crippen molar-refractivity contribution in [3.05, 3.63) is 59.1 Å². The minimum Gasteiger partial charge on any atom is -0.378 e. The molecule has 2 amide bonds. The summed E-state index contributed by atoms with van der Waals surface area (Å²) >= 11 is 6.19. The number of urea groups is 1. The molecule has 0 aromatic heterocycles. The molecule has 2 fully saturated rings. The van der Waals surface area contributed by atoms with Crippen LogP contribution in [0.1, 0.15) is 18.4 Å². The standard InChI is InChI=1S/C23H29ClN4O2/c24-19-6-7-22(28-12-14-30-15-13-28)21(16-19)26-23(29)25-20-8-10-27(11-9-20)17-18-4-2-1-3-5-18/h1-7,16,20H,8-15,17H2,(H2,25,26,29). The fourth-order valence-corrected chi connectivity index (χ4v) is 4.28. The molecule has 4 rings (SSSR count). The van der Waals surface area contributed by atoms with Crippen LogP contribution in [-0.4, -0.2) is 56.4 Å². The van der Waals surface area contributed by atoms with Crippen molar-refractivity contribution in [1.29, 1.82) is 0 Å². The van der Waals surface area contributed by atoms with Crippen molar-refractivity contribution in [2.45, 2.75) is 25.4 Å². The van der Waals surface area contributed by atoms with Gasteiger partial charge in [-0.05, 0) is 36.6 Å². The molecule has 2 heterocycles. The number of morpholine rings is 1. The van der Waals surface area contributed by atoms with Gasteiger partial charge in [0.2, 0.25) is 0 Å². The van der Waals surface area contributed by atoms with Gasteiger partial charge in [0.25, 0.3) is 0 Å². The van der Waals surface area contributed by atoms with Gasteiger partial charge in [-0.2, -0.15) is 0 Å². The number of carbonyl (C=O) groups is 1. The van der Waals surface area contributed by atoms with E-state index in [0.29, 0.717) is 18.2 Å². The van der Waals surface area contributed by atoms with Gasteiger partial charge in [-0.25, -0.2) is 4.79 Å². The van der Waals surface area contributed by atoms with Crippen LogP contribution in [0, 0.1) is 0 Å². The molecule has 0 atom stereocenters. The average Bonchev–Trinajstić information content (AvgIpc) is 2.76. The first-order valence-electron chi connectivity index (χ1n) is 10.6. The molecular weight excluding hydrogens is 400 g/mol. The maximum absolute atomic E-state index is 12.7. The molecule has 160 valence electrons. The quantitative estimate of drug-likeness (QED) is 0.756. The van der Waals surface area contributed by atoms with Crippen LogP contribution in [0.2, 0.25) is 5.02 Å². The van der Waals surface area contributed by atoms with E-state index in [1.54, 1.807) is 0 Å². The number of benzene rings is 2. The lowest BCUT2D eigenvalue weighted by Gasteiger charge is -2.33. The SMILES string of the molecule is O=C(Nc1cc(Cl)ccc1N1CCOCC1)NC1CCN(Cc2ccccc2)CC1. The minimum atomic E-state index is -0.173. The maximum Gasteiger partial charge on any atom is 0.319 e. The van der Waals surface area contributed by atoms with Gasteiger partial charge in [0.15, 0.2) is 0 Å². The molecular formula is C23H29ClN4O2. The summed E-state index contributed by atoms with van der Waals surface area (Å²) < 4.78 is 5.44. The highest BCUT2D eigenvalue weighted by atomic mass is 35.5. The van der Waals surface area contributed by atoms with Gasteiger partial charge in [0, 0.05) is 43.8 Å². The van der Waals surface area contributed by atoms with E-state index < -0.39 is 0 Å². The zero-order valence-electron chi connectivity index (χ0n) is 17.1. The lowest BCUT2D eigenvalue weighted by Crippen LogP contribution is -2.45. The van der Waals surface area contributed by atoms with Crippen LogP contribution in [0.5, 0.6) is 0 Å². The Kier molecular flexibility index (Phi) is 7.10. The molecule has 0 unspecified atom stereocenters. The van der Waals surface area contributed by atoms with Crippen LogP contribution < -0.4 is 15.5 Å². The second-order valence-electron chi connectivity index (χ2n) is 7.90. The molecule has 0 radical (unpaired) electrons. The Morgan fingerprint density at radius 1 is 1.03 bits per heavy atom. The average molecular weight is 429 g/mol. The summed E-state index contributed by atoms with van der Waals surface area (Å²) in [5, 5.41) is 6.76. The van der Waals surface area contributed by atoms with E-state index in [0.717, 1.165) is 56.9 Å². The zero-order chi connectivity index (χ0) is 20.8. The summed E-state index contributed by atoms with van der Waals surface area (Å²) in [4.78, 5) is 17.3. The first-order chi connectivity index (χ1) is 14.7. The van der Waals surface area contributed by atoms with Crippen LogP contribution in [-0.2, 0) is 11.3 Å². The molecule has 7 heteroatoms. The number of nitrogens with zero attached hydrogens (tertiary/aromatic N) is 2. The second kappa shape index (κ2) is 10.2. The number of likely N-dealkylation sites (tertiary alicyclic amines) is 1. The van der Waals surface area contributed by atoms with Gasteiger partial charge < -0.3 is 20.3 Å². The number of amides is 2. The van der Waals surface area contributed by atoms with Gasteiger partial charge in [-0.3, -0.25) is 4.90 Å². The summed E-state index contributed by atoms with van der Waals surface area (Å²) in [5.41, 5.74) is 3.05. The highest BCUT2D eigenvalue weighted by Gasteiger charge is 2.22. The van der Waals surface area contributed by atoms with E-state index in [9.17, 15) is 4.79 Å². The monoisotopic (exact) mass is 428 g/mol. The summed E-state index contributed by atoms with van der Waals surface area (Å²) in [7, 11) is 0. The molecule has 2 N–H and O–H groups in total. The van der Waals surface area contributed by atoms with Crippen molar-refractivity contribution < 1.29 is 9.53 Å². The van der Waals surface area contributed by atoms with Crippen LogP contribution >= 0.6 is 11.6 Å². The number of halogens is 1. The lowest BCUT2D eigenvalue weighted by molar-refractivity contribution is 0.123. The van der Waals surface area contributed by atoms with Crippen molar-refractivity contribution in [1.82, 2.24) is 10.2 Å². The maximum atomic E-state index is 12.7. The van der Waals surface area contributed by atoms with Crippen molar-refractivity contribution >= 4 is 29.0 Å². The predicted octanol–water partition coefficient (Wildman–Crippen LogP) is 3.96. The van der Waals surface area contributed by atoms with E-state index in [1.807, 2.05) is 24.3 Å². The Bertz CT molecular complexity index is 834. The van der Waals surface area contributed by atoms with Crippen molar-refractivity contribution in [3.63, 3.8) is 0 Å². The molecule has 0 bridgehead atoms. The van der Waals surface area contributed by atoms with E-state index in [2.05, 4.69) is 44.7 Å². The predicted molar refractivity (Wildman–Crippen MR) is 121 cm³/mol. The van der Waals surface area contributed by atoms with Crippen molar-refractivity contribution in [2.75, 3.05) is 49.6 Å². The molecule has 0 aliphatic carbocycles. The first kappa shape index (κ1) is 21.0. The van der Waals surface area contributed by atoms with Gasteiger partial charge >= 0.3 is 6.03 Å². The second-order valence-corrected chi connectivity index (χ2v) is 8.33. The van der Waals surface area contributed by atoms with Gasteiger partial charge in [-0.15, -0.1) is 0 Å². The number of anilines is 2. The number of nitrogens with one attached hydrogen (secondary N) is 2. The largest absolute Gasteiger partial charge is 0.378 e. The smallest absolute Gasteiger partial charge is 0.319 e. The third-order valence-electron chi connectivity index (χ3n) is 5.73. The summed E-state index contributed by atoms with van der Waals surface area (Å²) in [5.74, 6) is 0. The number of piperidine rings is 1. The number of carbonyl (C=O) groups excluding carboxylic acids is 1. The number of ether oxygens (including phenoxy) is 1. The molecule has 2 aromatic rings. The molecule has 6 nitrogen and oxygen atoms in total. The highest BCUT2D eigenvalue weighted by molar-refractivity contribution is 6.31. The lowest BCUT2D eigenvalue weighted by atomic mass is 10.0. The fraction of sp³-hybridized carbons (Fsp3) is 0.435. The summed E-state index contributed by atoms with van der Waals surface area (Å²) in [6.45, 7) is 5.92. The highest BCUT2D eigenvalue weighted by Crippen LogP contribution is 2.30. The topological polar surface area (TPSA) is 56.8 Å². The van der Waals surface area contributed by atoms with Crippen molar-refractivity contribution in [2.24, 2.45) is 0 Å². The van der Waals surface area contributed by atoms with Crippen molar-refractivity contribution in [3.8, 4) is 0 Å². The molecule has 30 heavy (non-hydrogen) atoms. The Balaban J connectivity index is 1.29.